The summed E-state index contributed by atoms with van der Waals surface area (Å²) in [6.45, 7) is 1.68. The zero-order valence-electron chi connectivity index (χ0n) is 7.88. The van der Waals surface area contributed by atoms with E-state index >= 15 is 0 Å². The molecule has 0 fully saturated rings. The molecule has 0 aliphatic heterocycles. The molecule has 0 aliphatic rings. The van der Waals surface area contributed by atoms with E-state index in [1.807, 2.05) is 0 Å². The lowest BCUT2D eigenvalue weighted by atomic mass is 10.1. The Morgan fingerprint density at radius 3 is 2.87 bits per heavy atom. The number of hydrogen-bond acceptors (Lipinski definition) is 5. The van der Waals surface area contributed by atoms with E-state index < -0.39 is 4.92 Å². The molecule has 0 bridgehead atoms. The van der Waals surface area contributed by atoms with E-state index in [0.29, 0.717) is 11.1 Å². The molecule has 0 unspecified atom stereocenters. The van der Waals surface area contributed by atoms with Crippen molar-refractivity contribution in [2.45, 2.75) is 6.92 Å². The highest BCUT2D eigenvalue weighted by Gasteiger charge is 2.13. The highest BCUT2D eigenvalue weighted by Crippen LogP contribution is 2.24. The lowest BCUT2D eigenvalue weighted by Gasteiger charge is -1.98. The van der Waals surface area contributed by atoms with Crippen molar-refractivity contribution in [1.29, 1.82) is 0 Å². The van der Waals surface area contributed by atoms with Gasteiger partial charge in [-0.1, -0.05) is 11.2 Å². The summed E-state index contributed by atoms with van der Waals surface area (Å²) in [4.78, 5) is 14.1. The first-order valence-electron chi connectivity index (χ1n) is 4.20. The molecule has 0 spiro atoms. The quantitative estimate of drug-likeness (QED) is 0.552. The summed E-state index contributed by atoms with van der Waals surface area (Å²) >= 11 is 0. The summed E-state index contributed by atoms with van der Waals surface area (Å²) in [5.74, 6) is 0.276. The molecule has 2 rings (SSSR count). The molecular formula is C9H7N3O3. The van der Waals surface area contributed by atoms with Crippen LogP contribution < -0.4 is 0 Å². The fourth-order valence-corrected chi connectivity index (χ4v) is 1.24. The molecular weight excluding hydrogens is 198 g/mol. The number of nitrogens with zero attached hydrogens (tertiary/aromatic N) is 3. The van der Waals surface area contributed by atoms with Crippen molar-refractivity contribution < 1.29 is 9.45 Å². The SMILES string of the molecule is Cc1ccc(-c2ncno2)cc1[N+](=O)[O-]. The zero-order chi connectivity index (χ0) is 10.8. The lowest BCUT2D eigenvalue weighted by molar-refractivity contribution is -0.385. The third-order valence-electron chi connectivity index (χ3n) is 2.01. The third-order valence-corrected chi connectivity index (χ3v) is 2.01. The van der Waals surface area contributed by atoms with E-state index in [4.69, 9.17) is 4.52 Å². The van der Waals surface area contributed by atoms with E-state index in [9.17, 15) is 10.1 Å². The molecule has 1 aromatic heterocycles. The van der Waals surface area contributed by atoms with Crippen molar-refractivity contribution in [3.8, 4) is 11.5 Å². The number of benzene rings is 1. The van der Waals surface area contributed by atoms with Gasteiger partial charge in [0.1, 0.15) is 0 Å². The first-order chi connectivity index (χ1) is 7.18. The fraction of sp³-hybridized carbons (Fsp3) is 0.111. The van der Waals surface area contributed by atoms with Crippen LogP contribution in [0.3, 0.4) is 0 Å². The molecule has 1 heterocycles. The molecule has 0 atom stereocenters. The molecule has 0 amide bonds. The van der Waals surface area contributed by atoms with E-state index in [2.05, 4.69) is 10.1 Å². The molecule has 2 aromatic rings. The predicted molar refractivity (Wildman–Crippen MR) is 51.1 cm³/mol. The molecule has 0 saturated carbocycles. The van der Waals surface area contributed by atoms with Gasteiger partial charge in [-0.25, -0.2) is 0 Å². The van der Waals surface area contributed by atoms with Gasteiger partial charge in [0.15, 0.2) is 6.33 Å². The summed E-state index contributed by atoms with van der Waals surface area (Å²) in [5.41, 5.74) is 1.19. The lowest BCUT2D eigenvalue weighted by Crippen LogP contribution is -1.92. The van der Waals surface area contributed by atoms with Crippen molar-refractivity contribution in [2.75, 3.05) is 0 Å². The van der Waals surface area contributed by atoms with Crippen LogP contribution in [-0.2, 0) is 0 Å². The van der Waals surface area contributed by atoms with Crippen molar-refractivity contribution >= 4 is 5.69 Å². The summed E-state index contributed by atoms with van der Waals surface area (Å²) in [7, 11) is 0. The van der Waals surface area contributed by atoms with Crippen LogP contribution in [0, 0.1) is 17.0 Å². The molecule has 6 nitrogen and oxygen atoms in total. The van der Waals surface area contributed by atoms with Gasteiger partial charge in [0.25, 0.3) is 11.6 Å². The van der Waals surface area contributed by atoms with Crippen LogP contribution in [0.5, 0.6) is 0 Å². The van der Waals surface area contributed by atoms with Crippen molar-refractivity contribution in [1.82, 2.24) is 10.1 Å². The van der Waals surface area contributed by atoms with E-state index in [-0.39, 0.29) is 11.6 Å². The molecule has 76 valence electrons. The minimum absolute atomic E-state index is 0.0469. The van der Waals surface area contributed by atoms with Gasteiger partial charge >= 0.3 is 0 Å². The molecule has 1 aromatic carbocycles. The summed E-state index contributed by atoms with van der Waals surface area (Å²) in [5, 5.41) is 14.1. The van der Waals surface area contributed by atoms with Crippen LogP contribution >= 0.6 is 0 Å². The zero-order valence-corrected chi connectivity index (χ0v) is 7.88. The number of aromatic nitrogens is 2. The van der Waals surface area contributed by atoms with Crippen LogP contribution in [0.2, 0.25) is 0 Å². The number of hydrogen-bond donors (Lipinski definition) is 0. The second-order valence-corrected chi connectivity index (χ2v) is 3.00. The van der Waals surface area contributed by atoms with Crippen molar-refractivity contribution in [3.05, 3.63) is 40.2 Å². The Labute approximate surface area is 84.7 Å². The molecule has 0 radical (unpaired) electrons. The Hall–Kier alpha value is -2.24. The van der Waals surface area contributed by atoms with E-state index in [1.165, 1.54) is 12.4 Å². The van der Waals surface area contributed by atoms with Gasteiger partial charge in [0, 0.05) is 17.2 Å². The third kappa shape index (κ3) is 1.69. The second kappa shape index (κ2) is 3.49. The Morgan fingerprint density at radius 2 is 2.27 bits per heavy atom. The largest absolute Gasteiger partial charge is 0.334 e. The maximum Gasteiger partial charge on any atom is 0.273 e. The van der Waals surface area contributed by atoms with Crippen LogP contribution in [0.15, 0.2) is 29.0 Å². The monoisotopic (exact) mass is 205 g/mol. The Morgan fingerprint density at radius 1 is 1.47 bits per heavy atom. The Kier molecular flexibility index (Phi) is 2.17. The standard InChI is InChI=1S/C9H7N3O3/c1-6-2-3-7(4-8(6)12(13)14)9-10-5-11-15-9/h2-5H,1H3. The number of nitro groups is 1. The topological polar surface area (TPSA) is 82.1 Å². The average molecular weight is 205 g/mol. The Balaban J connectivity index is 2.52. The van der Waals surface area contributed by atoms with Gasteiger partial charge in [-0.15, -0.1) is 0 Å². The van der Waals surface area contributed by atoms with Gasteiger partial charge in [0.05, 0.1) is 4.92 Å². The first kappa shape index (κ1) is 9.32. The molecule has 15 heavy (non-hydrogen) atoms. The minimum Gasteiger partial charge on any atom is -0.334 e. The van der Waals surface area contributed by atoms with Gasteiger partial charge < -0.3 is 4.52 Å². The van der Waals surface area contributed by atoms with Crippen LogP contribution in [0.1, 0.15) is 5.56 Å². The predicted octanol–water partition coefficient (Wildman–Crippen LogP) is 1.95. The minimum atomic E-state index is -0.435. The fourth-order valence-electron chi connectivity index (χ4n) is 1.24. The normalized spacial score (nSPS) is 10.2. The summed E-state index contributed by atoms with van der Waals surface area (Å²) in [6.07, 6.45) is 1.25. The van der Waals surface area contributed by atoms with Crippen LogP contribution in [-0.4, -0.2) is 15.1 Å². The van der Waals surface area contributed by atoms with Gasteiger partial charge in [-0.3, -0.25) is 10.1 Å². The van der Waals surface area contributed by atoms with Gasteiger partial charge in [0.2, 0.25) is 0 Å². The summed E-state index contributed by atoms with van der Waals surface area (Å²) < 4.78 is 4.81. The molecule has 0 N–H and O–H groups in total. The van der Waals surface area contributed by atoms with E-state index in [1.54, 1.807) is 19.1 Å². The average Bonchev–Trinajstić information content (AvgIpc) is 2.71. The maximum atomic E-state index is 10.7. The number of nitro benzene ring substituents is 1. The van der Waals surface area contributed by atoms with Crippen molar-refractivity contribution in [3.63, 3.8) is 0 Å². The maximum absolute atomic E-state index is 10.7. The molecule has 6 heteroatoms. The summed E-state index contributed by atoms with van der Waals surface area (Å²) in [6, 6.07) is 4.77. The molecule has 0 aliphatic carbocycles. The number of aryl methyl sites for hydroxylation is 1. The number of rotatable bonds is 2. The van der Waals surface area contributed by atoms with Gasteiger partial charge in [-0.05, 0) is 13.0 Å². The van der Waals surface area contributed by atoms with Crippen LogP contribution in [0.4, 0.5) is 5.69 Å². The second-order valence-electron chi connectivity index (χ2n) is 3.00. The van der Waals surface area contributed by atoms with Crippen LogP contribution in [0.25, 0.3) is 11.5 Å². The van der Waals surface area contributed by atoms with E-state index in [0.717, 1.165) is 0 Å². The highest BCUT2D eigenvalue weighted by atomic mass is 16.6. The Bertz CT molecular complexity index is 493. The molecule has 0 saturated heterocycles. The van der Waals surface area contributed by atoms with Gasteiger partial charge in [-0.2, -0.15) is 4.98 Å². The first-order valence-corrected chi connectivity index (χ1v) is 4.20. The van der Waals surface area contributed by atoms with Crippen molar-refractivity contribution in [2.24, 2.45) is 0 Å². The smallest absolute Gasteiger partial charge is 0.273 e. The highest BCUT2D eigenvalue weighted by molar-refractivity contribution is 5.59.